The van der Waals surface area contributed by atoms with Gasteiger partial charge in [-0.25, -0.2) is 0 Å². The molecule has 0 saturated carbocycles. The Morgan fingerprint density at radius 3 is 2.42 bits per heavy atom. The molecule has 1 aliphatic rings. The Morgan fingerprint density at radius 2 is 1.71 bits per heavy atom. The third-order valence-corrected chi connectivity index (χ3v) is 4.79. The number of amides is 1. The van der Waals surface area contributed by atoms with E-state index in [4.69, 9.17) is 0 Å². The van der Waals surface area contributed by atoms with Crippen LogP contribution >= 0.6 is 0 Å². The second-order valence-electron chi connectivity index (χ2n) is 6.70. The molecule has 124 valence electrons. The lowest BCUT2D eigenvalue weighted by atomic mass is 9.85. The van der Waals surface area contributed by atoms with Crippen LogP contribution in [-0.4, -0.2) is 18.2 Å². The van der Waals surface area contributed by atoms with Gasteiger partial charge in [0.2, 0.25) is 5.91 Å². The van der Waals surface area contributed by atoms with Gasteiger partial charge in [-0.05, 0) is 29.5 Å². The highest BCUT2D eigenvalue weighted by molar-refractivity contribution is 6.08. The summed E-state index contributed by atoms with van der Waals surface area (Å²) in [6, 6.07) is 17.6. The fourth-order valence-electron chi connectivity index (χ4n) is 3.41. The van der Waals surface area contributed by atoms with Gasteiger partial charge in [0, 0.05) is 24.9 Å². The van der Waals surface area contributed by atoms with Gasteiger partial charge in [0.1, 0.15) is 0 Å². The third kappa shape index (κ3) is 3.25. The first-order valence-corrected chi connectivity index (χ1v) is 8.55. The van der Waals surface area contributed by atoms with E-state index in [1.54, 1.807) is 4.90 Å². The van der Waals surface area contributed by atoms with Crippen molar-refractivity contribution in [2.75, 3.05) is 11.4 Å². The van der Waals surface area contributed by atoms with Crippen LogP contribution in [0.3, 0.4) is 0 Å². The fourth-order valence-corrected chi connectivity index (χ4v) is 3.41. The highest BCUT2D eigenvalue weighted by Gasteiger charge is 2.29. The van der Waals surface area contributed by atoms with E-state index in [-0.39, 0.29) is 17.6 Å². The third-order valence-electron chi connectivity index (χ3n) is 4.79. The first-order valence-electron chi connectivity index (χ1n) is 8.55. The van der Waals surface area contributed by atoms with Gasteiger partial charge in [-0.2, -0.15) is 0 Å². The minimum Gasteiger partial charge on any atom is -0.311 e. The maximum absolute atomic E-state index is 13.0. The molecule has 1 atom stereocenters. The van der Waals surface area contributed by atoms with E-state index in [1.807, 2.05) is 42.5 Å². The van der Waals surface area contributed by atoms with Gasteiger partial charge in [-0.3, -0.25) is 9.59 Å². The number of para-hydroxylation sites is 1. The summed E-state index contributed by atoms with van der Waals surface area (Å²) in [5.41, 5.74) is 2.62. The zero-order valence-electron chi connectivity index (χ0n) is 14.2. The van der Waals surface area contributed by atoms with Crippen molar-refractivity contribution in [3.63, 3.8) is 0 Å². The summed E-state index contributed by atoms with van der Waals surface area (Å²) in [5, 5.41) is 0. The van der Waals surface area contributed by atoms with Crippen LogP contribution in [0.1, 0.15) is 48.5 Å². The van der Waals surface area contributed by atoms with E-state index < -0.39 is 0 Å². The Hall–Kier alpha value is -2.42. The number of hydrogen-bond donors (Lipinski definition) is 0. The van der Waals surface area contributed by atoms with Gasteiger partial charge in [0.05, 0.1) is 5.69 Å². The number of carbonyl (C=O) groups excluding carboxylic acids is 2. The molecule has 0 aromatic heterocycles. The van der Waals surface area contributed by atoms with Crippen molar-refractivity contribution < 1.29 is 9.59 Å². The maximum Gasteiger partial charge on any atom is 0.227 e. The molecule has 1 aliphatic heterocycles. The highest BCUT2D eigenvalue weighted by atomic mass is 16.2. The quantitative estimate of drug-likeness (QED) is 0.835. The first-order chi connectivity index (χ1) is 11.6. The minimum atomic E-state index is 0.0949. The summed E-state index contributed by atoms with van der Waals surface area (Å²) in [6.07, 6.45) is 0.866. The van der Waals surface area contributed by atoms with Gasteiger partial charge < -0.3 is 4.90 Å². The molecule has 2 aromatic rings. The molecule has 0 N–H and O–H groups in total. The van der Waals surface area contributed by atoms with Crippen molar-refractivity contribution in [1.29, 1.82) is 0 Å². The molecule has 0 fully saturated rings. The number of hydrogen-bond acceptors (Lipinski definition) is 2. The van der Waals surface area contributed by atoms with Crippen molar-refractivity contribution in [2.24, 2.45) is 5.92 Å². The molecule has 0 spiro atoms. The molecule has 3 nitrogen and oxygen atoms in total. The topological polar surface area (TPSA) is 37.4 Å². The van der Waals surface area contributed by atoms with E-state index in [9.17, 15) is 9.59 Å². The summed E-state index contributed by atoms with van der Waals surface area (Å²) in [7, 11) is 0. The number of ketones is 1. The largest absolute Gasteiger partial charge is 0.311 e. The Kier molecular flexibility index (Phi) is 4.79. The SMILES string of the molecule is CC(C)C(CC(=O)N1CCC(=O)c2ccccc21)c1ccccc1. The van der Waals surface area contributed by atoms with E-state index in [2.05, 4.69) is 26.0 Å². The van der Waals surface area contributed by atoms with Crippen LogP contribution in [0, 0.1) is 5.92 Å². The van der Waals surface area contributed by atoms with E-state index >= 15 is 0 Å². The number of fused-ring (bicyclic) bond motifs is 1. The van der Waals surface area contributed by atoms with Crippen LogP contribution in [0.25, 0.3) is 0 Å². The first kappa shape index (κ1) is 16.4. The molecular formula is C21H23NO2. The van der Waals surface area contributed by atoms with Crippen molar-refractivity contribution in [1.82, 2.24) is 0 Å². The van der Waals surface area contributed by atoms with E-state index in [0.29, 0.717) is 30.9 Å². The second-order valence-corrected chi connectivity index (χ2v) is 6.70. The molecule has 2 aromatic carbocycles. The monoisotopic (exact) mass is 321 g/mol. The highest BCUT2D eigenvalue weighted by Crippen LogP contribution is 2.32. The molecular weight excluding hydrogens is 298 g/mol. The Labute approximate surface area is 143 Å². The van der Waals surface area contributed by atoms with Crippen molar-refractivity contribution >= 4 is 17.4 Å². The molecule has 1 unspecified atom stereocenters. The molecule has 3 heteroatoms. The van der Waals surface area contributed by atoms with Crippen molar-refractivity contribution in [2.45, 2.75) is 32.6 Å². The molecule has 0 aliphatic carbocycles. The van der Waals surface area contributed by atoms with E-state index in [0.717, 1.165) is 5.69 Å². The van der Waals surface area contributed by atoms with Crippen LogP contribution < -0.4 is 4.90 Å². The lowest BCUT2D eigenvalue weighted by molar-refractivity contribution is -0.119. The Morgan fingerprint density at radius 1 is 1.04 bits per heavy atom. The zero-order valence-corrected chi connectivity index (χ0v) is 14.2. The Balaban J connectivity index is 1.84. The average molecular weight is 321 g/mol. The number of nitrogens with zero attached hydrogens (tertiary/aromatic N) is 1. The maximum atomic E-state index is 13.0. The predicted molar refractivity (Wildman–Crippen MR) is 96.4 cm³/mol. The summed E-state index contributed by atoms with van der Waals surface area (Å²) < 4.78 is 0. The average Bonchev–Trinajstić information content (AvgIpc) is 2.60. The van der Waals surface area contributed by atoms with Crippen LogP contribution in [-0.2, 0) is 4.79 Å². The number of anilines is 1. The lowest BCUT2D eigenvalue weighted by Crippen LogP contribution is -2.38. The number of rotatable bonds is 4. The van der Waals surface area contributed by atoms with Crippen molar-refractivity contribution in [3.05, 3.63) is 65.7 Å². The molecule has 1 heterocycles. The van der Waals surface area contributed by atoms with Gasteiger partial charge >= 0.3 is 0 Å². The molecule has 0 saturated heterocycles. The van der Waals surface area contributed by atoms with Gasteiger partial charge in [0.15, 0.2) is 5.78 Å². The predicted octanol–water partition coefficient (Wildman–Crippen LogP) is 4.44. The molecule has 24 heavy (non-hydrogen) atoms. The summed E-state index contributed by atoms with van der Waals surface area (Å²) in [5.74, 6) is 0.775. The minimum absolute atomic E-state index is 0.0949. The van der Waals surface area contributed by atoms with E-state index in [1.165, 1.54) is 5.56 Å². The van der Waals surface area contributed by atoms with Crippen LogP contribution in [0.4, 0.5) is 5.69 Å². The molecule has 0 bridgehead atoms. The van der Waals surface area contributed by atoms with Crippen LogP contribution in [0.5, 0.6) is 0 Å². The number of benzene rings is 2. The van der Waals surface area contributed by atoms with Gasteiger partial charge in [-0.15, -0.1) is 0 Å². The standard InChI is InChI=1S/C21H23NO2/c1-15(2)18(16-8-4-3-5-9-16)14-21(24)22-13-12-20(23)17-10-6-7-11-19(17)22/h3-11,15,18H,12-14H2,1-2H3. The summed E-state index contributed by atoms with van der Waals surface area (Å²) >= 11 is 0. The summed E-state index contributed by atoms with van der Waals surface area (Å²) in [4.78, 5) is 26.8. The molecule has 0 radical (unpaired) electrons. The number of carbonyl (C=O) groups is 2. The Bertz CT molecular complexity index is 737. The summed E-state index contributed by atoms with van der Waals surface area (Å²) in [6.45, 7) is 4.78. The van der Waals surface area contributed by atoms with Gasteiger partial charge in [-0.1, -0.05) is 56.3 Å². The van der Waals surface area contributed by atoms with Gasteiger partial charge in [0.25, 0.3) is 0 Å². The second kappa shape index (κ2) is 7.00. The van der Waals surface area contributed by atoms with Crippen LogP contribution in [0.2, 0.25) is 0 Å². The zero-order chi connectivity index (χ0) is 17.1. The lowest BCUT2D eigenvalue weighted by Gasteiger charge is -2.31. The normalized spacial score (nSPS) is 15.3. The van der Waals surface area contributed by atoms with Crippen molar-refractivity contribution in [3.8, 4) is 0 Å². The van der Waals surface area contributed by atoms with Crippen LogP contribution in [0.15, 0.2) is 54.6 Å². The molecule has 3 rings (SSSR count). The fraction of sp³-hybridized carbons (Fsp3) is 0.333. The molecule has 1 amide bonds. The number of Topliss-reactive ketones (excluding diaryl/α,β-unsaturated/α-hetero) is 1. The smallest absolute Gasteiger partial charge is 0.227 e.